The first-order chi connectivity index (χ1) is 13.0. The second kappa shape index (κ2) is 10.2. The zero-order valence-corrected chi connectivity index (χ0v) is 15.9. The molecule has 2 aromatic carbocycles. The molecule has 144 valence electrons. The lowest BCUT2D eigenvalue weighted by atomic mass is 10.0. The molecule has 0 unspecified atom stereocenters. The lowest BCUT2D eigenvalue weighted by Gasteiger charge is -2.21. The average molecular weight is 370 g/mol. The molecule has 0 aromatic heterocycles. The Hall–Kier alpha value is -3.02. The highest BCUT2D eigenvalue weighted by Gasteiger charge is 2.25. The number of alkyl carbamates (subject to hydrolysis) is 1. The number of hydrogen-bond acceptors (Lipinski definition) is 4. The average Bonchev–Trinajstić information content (AvgIpc) is 2.66. The number of nitrogens with one attached hydrogen (secondary N) is 2. The van der Waals surface area contributed by atoms with E-state index in [0.29, 0.717) is 12.3 Å². The zero-order chi connectivity index (χ0) is 19.6. The van der Waals surface area contributed by atoms with Gasteiger partial charge in [-0.3, -0.25) is 4.79 Å². The lowest BCUT2D eigenvalue weighted by Crippen LogP contribution is -2.47. The maximum atomic E-state index is 12.6. The van der Waals surface area contributed by atoms with Crippen molar-refractivity contribution in [2.24, 2.45) is 5.92 Å². The minimum atomic E-state index is -0.708. The fraction of sp³-hybridized carbons (Fsp3) is 0.333. The Balaban J connectivity index is 1.90. The van der Waals surface area contributed by atoms with Crippen molar-refractivity contribution in [3.05, 3.63) is 60.2 Å². The SMILES string of the molecule is CCOc1ccc(NC(=O)[C@H](NC(=O)OCc2ccccc2)C(C)C)cc1. The largest absolute Gasteiger partial charge is 0.494 e. The second-order valence-corrected chi connectivity index (χ2v) is 6.37. The first-order valence-corrected chi connectivity index (χ1v) is 9.00. The van der Waals surface area contributed by atoms with Gasteiger partial charge in [-0.25, -0.2) is 4.79 Å². The van der Waals surface area contributed by atoms with E-state index in [1.54, 1.807) is 24.3 Å². The van der Waals surface area contributed by atoms with Gasteiger partial charge in [0.05, 0.1) is 6.61 Å². The molecule has 0 aliphatic rings. The van der Waals surface area contributed by atoms with Crippen molar-refractivity contribution in [1.29, 1.82) is 0 Å². The summed E-state index contributed by atoms with van der Waals surface area (Å²) in [7, 11) is 0. The molecular formula is C21H26N2O4. The van der Waals surface area contributed by atoms with Crippen molar-refractivity contribution < 1.29 is 19.1 Å². The molecule has 6 nitrogen and oxygen atoms in total. The van der Waals surface area contributed by atoms with Gasteiger partial charge in [0.25, 0.3) is 0 Å². The summed E-state index contributed by atoms with van der Waals surface area (Å²) in [5, 5.41) is 5.45. The third-order valence-corrected chi connectivity index (χ3v) is 3.87. The Morgan fingerprint density at radius 3 is 2.26 bits per heavy atom. The molecule has 0 saturated heterocycles. The number of hydrogen-bond donors (Lipinski definition) is 2. The van der Waals surface area contributed by atoms with Gasteiger partial charge >= 0.3 is 6.09 Å². The fourth-order valence-electron chi connectivity index (χ4n) is 2.45. The Labute approximate surface area is 159 Å². The van der Waals surface area contributed by atoms with Crippen molar-refractivity contribution in [2.45, 2.75) is 33.4 Å². The van der Waals surface area contributed by atoms with Gasteiger partial charge in [-0.05, 0) is 42.7 Å². The number of carbonyl (C=O) groups excluding carboxylic acids is 2. The normalized spacial score (nSPS) is 11.6. The van der Waals surface area contributed by atoms with E-state index in [-0.39, 0.29) is 18.4 Å². The van der Waals surface area contributed by atoms with Crippen LogP contribution in [0.4, 0.5) is 10.5 Å². The van der Waals surface area contributed by atoms with E-state index in [1.165, 1.54) is 0 Å². The zero-order valence-electron chi connectivity index (χ0n) is 15.9. The van der Waals surface area contributed by atoms with Crippen molar-refractivity contribution >= 4 is 17.7 Å². The molecule has 0 radical (unpaired) electrons. The van der Waals surface area contributed by atoms with Crippen LogP contribution in [0.25, 0.3) is 0 Å². The van der Waals surface area contributed by atoms with Gasteiger partial charge < -0.3 is 20.1 Å². The molecule has 6 heteroatoms. The van der Waals surface area contributed by atoms with Gasteiger partial charge in [0.15, 0.2) is 0 Å². The van der Waals surface area contributed by atoms with Crippen LogP contribution in [0.1, 0.15) is 26.3 Å². The summed E-state index contributed by atoms with van der Waals surface area (Å²) in [5.41, 5.74) is 1.51. The van der Waals surface area contributed by atoms with Crippen LogP contribution in [-0.2, 0) is 16.1 Å². The molecule has 2 rings (SSSR count). The van der Waals surface area contributed by atoms with E-state index in [9.17, 15) is 9.59 Å². The summed E-state index contributed by atoms with van der Waals surface area (Å²) in [4.78, 5) is 24.6. The Morgan fingerprint density at radius 1 is 1.00 bits per heavy atom. The van der Waals surface area contributed by atoms with E-state index < -0.39 is 12.1 Å². The summed E-state index contributed by atoms with van der Waals surface area (Å²) < 4.78 is 10.6. The number of ether oxygens (including phenoxy) is 2. The third-order valence-electron chi connectivity index (χ3n) is 3.87. The van der Waals surface area contributed by atoms with Crippen molar-refractivity contribution in [3.8, 4) is 5.75 Å². The second-order valence-electron chi connectivity index (χ2n) is 6.37. The van der Waals surface area contributed by atoms with Gasteiger partial charge in [-0.15, -0.1) is 0 Å². The number of carbonyl (C=O) groups is 2. The molecule has 27 heavy (non-hydrogen) atoms. The van der Waals surface area contributed by atoms with E-state index >= 15 is 0 Å². The van der Waals surface area contributed by atoms with Crippen molar-refractivity contribution in [3.63, 3.8) is 0 Å². The van der Waals surface area contributed by atoms with Crippen LogP contribution in [0.15, 0.2) is 54.6 Å². The molecule has 1 atom stereocenters. The van der Waals surface area contributed by atoms with E-state index in [4.69, 9.17) is 9.47 Å². The van der Waals surface area contributed by atoms with Gasteiger partial charge in [-0.2, -0.15) is 0 Å². The van der Waals surface area contributed by atoms with Crippen LogP contribution >= 0.6 is 0 Å². The topological polar surface area (TPSA) is 76.7 Å². The molecule has 0 fully saturated rings. The Bertz CT molecular complexity index is 730. The van der Waals surface area contributed by atoms with Crippen LogP contribution in [0, 0.1) is 5.92 Å². The van der Waals surface area contributed by atoms with Gasteiger partial charge in [0, 0.05) is 5.69 Å². The molecule has 0 aliphatic heterocycles. The Morgan fingerprint density at radius 2 is 1.67 bits per heavy atom. The minimum absolute atomic E-state index is 0.100. The Kier molecular flexibility index (Phi) is 7.67. The molecule has 0 spiro atoms. The smallest absolute Gasteiger partial charge is 0.408 e. The summed E-state index contributed by atoms with van der Waals surface area (Å²) in [5.74, 6) is 0.335. The van der Waals surface area contributed by atoms with Crippen LogP contribution in [0.2, 0.25) is 0 Å². The maximum Gasteiger partial charge on any atom is 0.408 e. The standard InChI is InChI=1S/C21H26N2O4/c1-4-26-18-12-10-17(11-13-18)22-20(24)19(15(2)3)23-21(25)27-14-16-8-6-5-7-9-16/h5-13,15,19H,4,14H2,1-3H3,(H,22,24)(H,23,25)/t19-/m1/s1. The number of rotatable bonds is 8. The summed E-state index contributed by atoms with van der Waals surface area (Å²) >= 11 is 0. The summed E-state index contributed by atoms with van der Waals surface area (Å²) in [6.45, 7) is 6.36. The quantitative estimate of drug-likeness (QED) is 0.737. The van der Waals surface area contributed by atoms with E-state index in [1.807, 2.05) is 51.1 Å². The molecule has 0 saturated carbocycles. The first-order valence-electron chi connectivity index (χ1n) is 9.00. The van der Waals surface area contributed by atoms with Gasteiger partial charge in [0.1, 0.15) is 18.4 Å². The van der Waals surface area contributed by atoms with Crippen molar-refractivity contribution in [2.75, 3.05) is 11.9 Å². The van der Waals surface area contributed by atoms with Crippen molar-refractivity contribution in [1.82, 2.24) is 5.32 Å². The third kappa shape index (κ3) is 6.66. The first kappa shape index (κ1) is 20.3. The minimum Gasteiger partial charge on any atom is -0.494 e. The highest BCUT2D eigenvalue weighted by atomic mass is 16.5. The highest BCUT2D eigenvalue weighted by molar-refractivity contribution is 5.96. The molecule has 0 bridgehead atoms. The molecule has 0 aliphatic carbocycles. The fourth-order valence-corrected chi connectivity index (χ4v) is 2.45. The van der Waals surface area contributed by atoms with Gasteiger partial charge in [-0.1, -0.05) is 44.2 Å². The monoisotopic (exact) mass is 370 g/mol. The van der Waals surface area contributed by atoms with Gasteiger partial charge in [0.2, 0.25) is 5.91 Å². The molecular weight excluding hydrogens is 344 g/mol. The number of benzene rings is 2. The maximum absolute atomic E-state index is 12.6. The summed E-state index contributed by atoms with van der Waals surface area (Å²) in [6, 6.07) is 15.7. The van der Waals surface area contributed by atoms with E-state index in [2.05, 4.69) is 10.6 Å². The van der Waals surface area contributed by atoms with Crippen LogP contribution in [0.3, 0.4) is 0 Å². The number of amides is 2. The molecule has 2 aromatic rings. The highest BCUT2D eigenvalue weighted by Crippen LogP contribution is 2.16. The van der Waals surface area contributed by atoms with E-state index in [0.717, 1.165) is 11.3 Å². The summed E-state index contributed by atoms with van der Waals surface area (Å²) in [6.07, 6.45) is -0.626. The van der Waals surface area contributed by atoms with Crippen LogP contribution < -0.4 is 15.4 Å². The molecule has 2 amide bonds. The number of anilines is 1. The predicted octanol–water partition coefficient (Wildman–Crippen LogP) is 3.97. The molecule has 2 N–H and O–H groups in total. The predicted molar refractivity (Wildman–Crippen MR) is 105 cm³/mol. The molecule has 0 heterocycles. The lowest BCUT2D eigenvalue weighted by molar-refractivity contribution is -0.119. The van der Waals surface area contributed by atoms with Crippen LogP contribution in [-0.4, -0.2) is 24.6 Å². The van der Waals surface area contributed by atoms with Crippen LogP contribution in [0.5, 0.6) is 5.75 Å².